The van der Waals surface area contributed by atoms with Gasteiger partial charge in [0.2, 0.25) is 0 Å². The minimum Gasteiger partial charge on any atom is -0.381 e. The molecule has 14 heavy (non-hydrogen) atoms. The first-order valence-electron chi connectivity index (χ1n) is 5.18. The lowest BCUT2D eigenvalue weighted by Gasteiger charge is -2.34. The molecule has 1 N–H and O–H groups in total. The second-order valence-corrected chi connectivity index (χ2v) is 4.29. The highest BCUT2D eigenvalue weighted by atomic mass is 16.3. The van der Waals surface area contributed by atoms with Crippen molar-refractivity contribution in [2.24, 2.45) is 5.92 Å². The highest BCUT2D eigenvalue weighted by Gasteiger charge is 2.32. The summed E-state index contributed by atoms with van der Waals surface area (Å²) in [5.74, 6) is 0.417. The van der Waals surface area contributed by atoms with Crippen molar-refractivity contribution in [3.05, 3.63) is 36.0 Å². The highest BCUT2D eigenvalue weighted by Crippen LogP contribution is 2.36. The average molecular weight is 192 g/mol. The molecule has 0 aliphatic heterocycles. The first kappa shape index (κ1) is 11.3. The van der Waals surface area contributed by atoms with Gasteiger partial charge in [0, 0.05) is 0 Å². The van der Waals surface area contributed by atoms with E-state index in [0.717, 1.165) is 24.0 Å². The van der Waals surface area contributed by atoms with E-state index in [0.29, 0.717) is 5.92 Å². The first-order valence-corrected chi connectivity index (χ1v) is 5.18. The molecule has 0 saturated heterocycles. The molecule has 0 saturated carbocycles. The van der Waals surface area contributed by atoms with Crippen molar-refractivity contribution in [3.8, 4) is 0 Å². The van der Waals surface area contributed by atoms with E-state index in [2.05, 4.69) is 12.7 Å². The van der Waals surface area contributed by atoms with Gasteiger partial charge in [0.25, 0.3) is 0 Å². The molecule has 0 spiro atoms. The first-order chi connectivity index (χ1) is 6.49. The molecule has 0 aromatic heterocycles. The molecule has 2 atom stereocenters. The van der Waals surface area contributed by atoms with Gasteiger partial charge in [-0.15, -0.1) is 0 Å². The maximum Gasteiger partial charge on any atom is 0.104 e. The van der Waals surface area contributed by atoms with Gasteiger partial charge < -0.3 is 5.11 Å². The summed E-state index contributed by atoms with van der Waals surface area (Å²) < 4.78 is 0. The Kier molecular flexibility index (Phi) is 3.33. The Balaban J connectivity index is 2.91. The van der Waals surface area contributed by atoms with Gasteiger partial charge in [-0.3, -0.25) is 0 Å². The van der Waals surface area contributed by atoms with Crippen molar-refractivity contribution in [3.63, 3.8) is 0 Å². The Morgan fingerprint density at radius 3 is 2.86 bits per heavy atom. The molecular weight excluding hydrogens is 172 g/mol. The Morgan fingerprint density at radius 1 is 1.71 bits per heavy atom. The second-order valence-electron chi connectivity index (χ2n) is 4.29. The van der Waals surface area contributed by atoms with E-state index >= 15 is 0 Å². The third-order valence-corrected chi connectivity index (χ3v) is 3.09. The quantitative estimate of drug-likeness (QED) is 0.666. The zero-order valence-corrected chi connectivity index (χ0v) is 9.38. The van der Waals surface area contributed by atoms with Crippen LogP contribution in [0.3, 0.4) is 0 Å². The molecule has 1 rings (SSSR count). The van der Waals surface area contributed by atoms with Crippen LogP contribution in [0.5, 0.6) is 0 Å². The molecule has 0 fully saturated rings. The van der Waals surface area contributed by atoms with Gasteiger partial charge in [-0.25, -0.2) is 0 Å². The van der Waals surface area contributed by atoms with Crippen LogP contribution >= 0.6 is 0 Å². The molecule has 1 aliphatic rings. The average Bonchev–Trinajstić information content (AvgIpc) is 2.10. The number of rotatable bonds is 2. The van der Waals surface area contributed by atoms with E-state index in [9.17, 15) is 5.11 Å². The van der Waals surface area contributed by atoms with Gasteiger partial charge in [-0.05, 0) is 45.1 Å². The minimum absolute atomic E-state index is 0.417. The van der Waals surface area contributed by atoms with Gasteiger partial charge in [0.05, 0.1) is 0 Å². The number of allylic oxidation sites excluding steroid dienone is 3. The Bertz CT molecular complexity index is 286. The van der Waals surface area contributed by atoms with Crippen molar-refractivity contribution >= 4 is 0 Å². The van der Waals surface area contributed by atoms with Crippen LogP contribution in [-0.2, 0) is 0 Å². The molecule has 0 amide bonds. The molecule has 0 heterocycles. The van der Waals surface area contributed by atoms with Crippen molar-refractivity contribution in [2.45, 2.75) is 39.2 Å². The molecule has 0 bridgehead atoms. The molecule has 1 heteroatoms. The maximum absolute atomic E-state index is 10.4. The largest absolute Gasteiger partial charge is 0.381 e. The SMILES string of the molecule is C=C(C)[C@@H]1CC=C(C)[C@@](O)(/C=C/C)C1. The number of hydrogen-bond acceptors (Lipinski definition) is 1. The molecule has 0 radical (unpaired) electrons. The molecular formula is C13H20O. The normalized spacial score (nSPS) is 33.1. The second kappa shape index (κ2) is 4.14. The fourth-order valence-corrected chi connectivity index (χ4v) is 1.97. The zero-order valence-electron chi connectivity index (χ0n) is 9.38. The fraction of sp³-hybridized carbons (Fsp3) is 0.538. The molecule has 0 unspecified atom stereocenters. The minimum atomic E-state index is -0.739. The number of aliphatic hydroxyl groups is 1. The van der Waals surface area contributed by atoms with Gasteiger partial charge in [0.15, 0.2) is 0 Å². The van der Waals surface area contributed by atoms with Crippen LogP contribution in [0, 0.1) is 5.92 Å². The van der Waals surface area contributed by atoms with Crippen molar-refractivity contribution in [1.82, 2.24) is 0 Å². The van der Waals surface area contributed by atoms with E-state index in [1.807, 2.05) is 32.9 Å². The van der Waals surface area contributed by atoms with E-state index in [4.69, 9.17) is 0 Å². The summed E-state index contributed by atoms with van der Waals surface area (Å²) in [5, 5.41) is 10.4. The van der Waals surface area contributed by atoms with Crippen molar-refractivity contribution in [2.75, 3.05) is 0 Å². The monoisotopic (exact) mass is 192 g/mol. The molecule has 0 aromatic rings. The molecule has 0 aromatic carbocycles. The topological polar surface area (TPSA) is 20.2 Å². The van der Waals surface area contributed by atoms with E-state index < -0.39 is 5.60 Å². The summed E-state index contributed by atoms with van der Waals surface area (Å²) in [6.07, 6.45) is 7.71. The lowest BCUT2D eigenvalue weighted by atomic mass is 9.75. The highest BCUT2D eigenvalue weighted by molar-refractivity contribution is 5.28. The van der Waals surface area contributed by atoms with Crippen LogP contribution in [-0.4, -0.2) is 10.7 Å². The smallest absolute Gasteiger partial charge is 0.104 e. The van der Waals surface area contributed by atoms with Crippen LogP contribution < -0.4 is 0 Å². The Labute approximate surface area is 86.8 Å². The summed E-state index contributed by atoms with van der Waals surface area (Å²) in [7, 11) is 0. The lowest BCUT2D eigenvalue weighted by Crippen LogP contribution is -2.33. The van der Waals surface area contributed by atoms with E-state index in [1.165, 1.54) is 0 Å². The van der Waals surface area contributed by atoms with E-state index in [-0.39, 0.29) is 0 Å². The predicted octanol–water partition coefficient (Wildman–Crippen LogP) is 3.23. The summed E-state index contributed by atoms with van der Waals surface area (Å²) in [6.45, 7) is 9.94. The third kappa shape index (κ3) is 2.16. The van der Waals surface area contributed by atoms with Crippen LogP contribution in [0.4, 0.5) is 0 Å². The lowest BCUT2D eigenvalue weighted by molar-refractivity contribution is 0.0971. The third-order valence-electron chi connectivity index (χ3n) is 3.09. The summed E-state index contributed by atoms with van der Waals surface area (Å²) in [6, 6.07) is 0. The predicted molar refractivity (Wildman–Crippen MR) is 61.1 cm³/mol. The van der Waals surface area contributed by atoms with Crippen molar-refractivity contribution < 1.29 is 5.11 Å². The maximum atomic E-state index is 10.4. The van der Waals surface area contributed by atoms with Gasteiger partial charge in [0.1, 0.15) is 5.60 Å². The van der Waals surface area contributed by atoms with Gasteiger partial charge in [-0.2, -0.15) is 0 Å². The molecule has 1 nitrogen and oxygen atoms in total. The zero-order chi connectivity index (χ0) is 10.8. The van der Waals surface area contributed by atoms with Crippen LogP contribution in [0.1, 0.15) is 33.6 Å². The van der Waals surface area contributed by atoms with Gasteiger partial charge in [-0.1, -0.05) is 30.4 Å². The fourth-order valence-electron chi connectivity index (χ4n) is 1.97. The Morgan fingerprint density at radius 2 is 2.36 bits per heavy atom. The van der Waals surface area contributed by atoms with Crippen LogP contribution in [0.25, 0.3) is 0 Å². The molecule has 78 valence electrons. The molecule has 1 aliphatic carbocycles. The Hall–Kier alpha value is -0.820. The van der Waals surface area contributed by atoms with Crippen molar-refractivity contribution in [1.29, 1.82) is 0 Å². The summed E-state index contributed by atoms with van der Waals surface area (Å²) in [4.78, 5) is 0. The summed E-state index contributed by atoms with van der Waals surface area (Å²) >= 11 is 0. The number of hydrogen-bond donors (Lipinski definition) is 1. The van der Waals surface area contributed by atoms with Crippen LogP contribution in [0.2, 0.25) is 0 Å². The van der Waals surface area contributed by atoms with Crippen LogP contribution in [0.15, 0.2) is 36.0 Å². The van der Waals surface area contributed by atoms with E-state index in [1.54, 1.807) is 0 Å². The standard InChI is InChI=1S/C13H20O/c1-5-8-13(14)9-12(10(2)3)7-6-11(13)4/h5-6,8,12,14H,2,7,9H2,1,3-4H3/b8-5+/t12-,13-/m1/s1. The van der Waals surface area contributed by atoms with Gasteiger partial charge >= 0.3 is 0 Å². The summed E-state index contributed by atoms with van der Waals surface area (Å²) in [5.41, 5.74) is 1.49.